The van der Waals surface area contributed by atoms with Crippen LogP contribution in [0.1, 0.15) is 28.7 Å². The molecule has 3 aromatic carbocycles. The number of hydrogen-bond donors (Lipinski definition) is 1. The summed E-state index contributed by atoms with van der Waals surface area (Å²) in [6.45, 7) is 0. The predicted octanol–water partition coefficient (Wildman–Crippen LogP) is 3.86. The Bertz CT molecular complexity index is 905. The maximum Gasteiger partial charge on any atom is 0.329 e. The minimum Gasteiger partial charge on any atom is -0.467 e. The van der Waals surface area contributed by atoms with Gasteiger partial charge in [-0.2, -0.15) is 0 Å². The van der Waals surface area contributed by atoms with Gasteiger partial charge in [0.15, 0.2) is 6.10 Å². The summed E-state index contributed by atoms with van der Waals surface area (Å²) in [4.78, 5) is 25.9. The Morgan fingerprint density at radius 3 is 1.53 bits per heavy atom. The van der Waals surface area contributed by atoms with Crippen LogP contribution in [0.15, 0.2) is 91.0 Å². The van der Waals surface area contributed by atoms with Gasteiger partial charge in [-0.1, -0.05) is 91.0 Å². The minimum atomic E-state index is -0.923. The molecule has 0 spiro atoms. The molecule has 1 amide bonds. The molecular weight excluding hydrogens is 378 g/mol. The van der Waals surface area contributed by atoms with Crippen molar-refractivity contribution in [3.05, 3.63) is 108 Å². The lowest BCUT2D eigenvalue weighted by Crippen LogP contribution is -2.47. The first-order chi connectivity index (χ1) is 14.7. The molecule has 0 aliphatic rings. The number of carbonyl (C=O) groups is 2. The second-order valence-electron chi connectivity index (χ2n) is 6.83. The molecule has 3 rings (SSSR count). The Balaban J connectivity index is 1.98. The van der Waals surface area contributed by atoms with Gasteiger partial charge in [0.25, 0.3) is 5.91 Å². The van der Waals surface area contributed by atoms with Gasteiger partial charge >= 0.3 is 5.97 Å². The van der Waals surface area contributed by atoms with E-state index in [4.69, 9.17) is 9.47 Å². The third-order valence-electron chi connectivity index (χ3n) is 4.98. The molecule has 1 N–H and O–H groups in total. The summed E-state index contributed by atoms with van der Waals surface area (Å²) in [6, 6.07) is 27.4. The van der Waals surface area contributed by atoms with E-state index in [9.17, 15) is 9.59 Å². The van der Waals surface area contributed by atoms with E-state index < -0.39 is 29.9 Å². The van der Waals surface area contributed by atoms with E-state index >= 15 is 0 Å². The van der Waals surface area contributed by atoms with Crippen LogP contribution in [-0.2, 0) is 19.1 Å². The van der Waals surface area contributed by atoms with E-state index in [2.05, 4.69) is 5.32 Å². The van der Waals surface area contributed by atoms with Gasteiger partial charge < -0.3 is 14.8 Å². The van der Waals surface area contributed by atoms with Crippen LogP contribution in [-0.4, -0.2) is 32.1 Å². The molecule has 30 heavy (non-hydrogen) atoms. The van der Waals surface area contributed by atoms with Crippen LogP contribution in [0, 0.1) is 0 Å². The van der Waals surface area contributed by atoms with Crippen molar-refractivity contribution in [2.24, 2.45) is 0 Å². The van der Waals surface area contributed by atoms with Gasteiger partial charge in [0.1, 0.15) is 6.04 Å². The summed E-state index contributed by atoms with van der Waals surface area (Å²) in [5.74, 6) is -1.35. The van der Waals surface area contributed by atoms with Crippen molar-refractivity contribution >= 4 is 11.9 Å². The molecule has 2 atom stereocenters. The van der Waals surface area contributed by atoms with Crippen molar-refractivity contribution in [1.29, 1.82) is 0 Å². The number of nitrogens with one attached hydrogen (secondary N) is 1. The molecule has 0 heterocycles. The van der Waals surface area contributed by atoms with Gasteiger partial charge in [-0.25, -0.2) is 4.79 Å². The standard InChI is InChI=1S/C25H25NO4/c1-29-23(20-16-10-5-11-17-20)24(27)26-22(25(28)30-2)21(18-12-6-3-7-13-18)19-14-8-4-9-15-19/h3-17,21-23H,1-2H3,(H,26,27)/t22-,23-/m1/s1. The van der Waals surface area contributed by atoms with Crippen molar-refractivity contribution in [3.63, 3.8) is 0 Å². The highest BCUT2D eigenvalue weighted by atomic mass is 16.5. The lowest BCUT2D eigenvalue weighted by Gasteiger charge is -2.28. The van der Waals surface area contributed by atoms with Crippen LogP contribution in [0.3, 0.4) is 0 Å². The van der Waals surface area contributed by atoms with Crippen molar-refractivity contribution in [2.45, 2.75) is 18.1 Å². The van der Waals surface area contributed by atoms with Gasteiger partial charge in [0.2, 0.25) is 0 Å². The third-order valence-corrected chi connectivity index (χ3v) is 4.98. The Hall–Kier alpha value is -3.44. The summed E-state index contributed by atoms with van der Waals surface area (Å²) in [5, 5.41) is 2.88. The molecule has 3 aromatic rings. The molecular formula is C25H25NO4. The number of amides is 1. The highest BCUT2D eigenvalue weighted by Gasteiger charge is 2.35. The van der Waals surface area contributed by atoms with Crippen LogP contribution in [0.4, 0.5) is 0 Å². The average Bonchev–Trinajstić information content (AvgIpc) is 2.81. The average molecular weight is 403 g/mol. The Labute approximate surface area is 176 Å². The first kappa shape index (κ1) is 21.3. The van der Waals surface area contributed by atoms with Crippen molar-refractivity contribution in [1.82, 2.24) is 5.32 Å². The third kappa shape index (κ3) is 4.93. The summed E-state index contributed by atoms with van der Waals surface area (Å²) in [5.41, 5.74) is 2.50. The van der Waals surface area contributed by atoms with Gasteiger partial charge in [-0.05, 0) is 16.7 Å². The predicted molar refractivity (Wildman–Crippen MR) is 115 cm³/mol. The fourth-order valence-corrected chi connectivity index (χ4v) is 3.55. The van der Waals surface area contributed by atoms with E-state index in [1.807, 2.05) is 91.0 Å². The lowest BCUT2D eigenvalue weighted by molar-refractivity contribution is -0.147. The maximum absolute atomic E-state index is 13.1. The second kappa shape index (κ2) is 10.4. The van der Waals surface area contributed by atoms with Crippen LogP contribution in [0.2, 0.25) is 0 Å². The molecule has 0 aliphatic heterocycles. The van der Waals surface area contributed by atoms with Crippen LogP contribution in [0.25, 0.3) is 0 Å². The van der Waals surface area contributed by atoms with E-state index in [1.54, 1.807) is 0 Å². The van der Waals surface area contributed by atoms with E-state index in [0.29, 0.717) is 5.56 Å². The largest absolute Gasteiger partial charge is 0.467 e. The van der Waals surface area contributed by atoms with E-state index in [1.165, 1.54) is 14.2 Å². The highest BCUT2D eigenvalue weighted by Crippen LogP contribution is 2.29. The Morgan fingerprint density at radius 2 is 1.13 bits per heavy atom. The maximum atomic E-state index is 13.1. The van der Waals surface area contributed by atoms with Crippen molar-refractivity contribution in [2.75, 3.05) is 14.2 Å². The van der Waals surface area contributed by atoms with Gasteiger partial charge in [-0.3, -0.25) is 4.79 Å². The van der Waals surface area contributed by atoms with Crippen molar-refractivity contribution < 1.29 is 19.1 Å². The number of esters is 1. The van der Waals surface area contributed by atoms with Crippen LogP contribution >= 0.6 is 0 Å². The number of rotatable bonds is 8. The SMILES string of the molecule is COC(=O)[C@H](NC(=O)[C@H](OC)c1ccccc1)C(c1ccccc1)c1ccccc1. The van der Waals surface area contributed by atoms with E-state index in [0.717, 1.165) is 11.1 Å². The molecule has 0 saturated carbocycles. The number of benzene rings is 3. The van der Waals surface area contributed by atoms with Crippen LogP contribution < -0.4 is 5.32 Å². The van der Waals surface area contributed by atoms with Crippen LogP contribution in [0.5, 0.6) is 0 Å². The number of carbonyl (C=O) groups excluding carboxylic acids is 2. The molecule has 0 bridgehead atoms. The fourth-order valence-electron chi connectivity index (χ4n) is 3.55. The molecule has 0 unspecified atom stereocenters. The summed E-state index contributed by atoms with van der Waals surface area (Å²) in [6.07, 6.45) is -0.842. The smallest absolute Gasteiger partial charge is 0.329 e. The van der Waals surface area contributed by atoms with Gasteiger partial charge in [-0.15, -0.1) is 0 Å². The first-order valence-corrected chi connectivity index (χ1v) is 9.71. The summed E-state index contributed by atoms with van der Waals surface area (Å²) >= 11 is 0. The molecule has 154 valence electrons. The molecule has 0 aromatic heterocycles. The van der Waals surface area contributed by atoms with Crippen molar-refractivity contribution in [3.8, 4) is 0 Å². The quantitative estimate of drug-likeness (QED) is 0.580. The molecule has 0 fully saturated rings. The normalized spacial score (nSPS) is 12.8. The molecule has 0 saturated heterocycles. The second-order valence-corrected chi connectivity index (χ2v) is 6.83. The Morgan fingerprint density at radius 1 is 0.700 bits per heavy atom. The molecule has 5 heteroatoms. The first-order valence-electron chi connectivity index (χ1n) is 9.71. The topological polar surface area (TPSA) is 64.6 Å². The monoisotopic (exact) mass is 403 g/mol. The van der Waals surface area contributed by atoms with Gasteiger partial charge in [0.05, 0.1) is 7.11 Å². The lowest BCUT2D eigenvalue weighted by atomic mass is 9.84. The summed E-state index contributed by atoms with van der Waals surface area (Å²) < 4.78 is 10.5. The zero-order valence-corrected chi connectivity index (χ0v) is 17.0. The Kier molecular flexibility index (Phi) is 7.35. The zero-order chi connectivity index (χ0) is 21.3. The number of ether oxygens (including phenoxy) is 2. The number of methoxy groups -OCH3 is 2. The molecule has 0 aliphatic carbocycles. The summed E-state index contributed by atoms with van der Waals surface area (Å²) in [7, 11) is 2.79. The number of hydrogen-bond acceptors (Lipinski definition) is 4. The molecule has 0 radical (unpaired) electrons. The minimum absolute atomic E-state index is 0.407. The van der Waals surface area contributed by atoms with E-state index in [-0.39, 0.29) is 0 Å². The molecule has 5 nitrogen and oxygen atoms in total. The fraction of sp³-hybridized carbons (Fsp3) is 0.200. The van der Waals surface area contributed by atoms with Gasteiger partial charge in [0, 0.05) is 13.0 Å². The zero-order valence-electron chi connectivity index (χ0n) is 17.0. The highest BCUT2D eigenvalue weighted by molar-refractivity contribution is 5.88.